The molecule has 6 heteroatoms. The van der Waals surface area contributed by atoms with Gasteiger partial charge in [0.2, 0.25) is 6.10 Å². The van der Waals surface area contributed by atoms with Gasteiger partial charge in [-0.1, -0.05) is 0 Å². The van der Waals surface area contributed by atoms with E-state index in [0.29, 0.717) is 26.1 Å². The number of carboxylic acids is 1. The van der Waals surface area contributed by atoms with Gasteiger partial charge in [0.25, 0.3) is 0 Å². The quantitative estimate of drug-likeness (QED) is 0.700. The van der Waals surface area contributed by atoms with Gasteiger partial charge in [-0.05, 0) is 12.8 Å². The smallest absolute Gasteiger partial charge is 0.478 e. The van der Waals surface area contributed by atoms with Gasteiger partial charge >= 0.3 is 12.1 Å². The highest BCUT2D eigenvalue weighted by atomic mass is 16.7. The Morgan fingerprint density at radius 2 is 2.00 bits per heavy atom. The molecule has 6 nitrogen and oxygen atoms in total. The van der Waals surface area contributed by atoms with Crippen molar-refractivity contribution in [1.82, 2.24) is 0 Å². The third kappa shape index (κ3) is 3.39. The van der Waals surface area contributed by atoms with Crippen LogP contribution in [0, 0.1) is 5.92 Å². The average molecular weight is 218 g/mol. The van der Waals surface area contributed by atoms with Crippen molar-refractivity contribution in [3.05, 3.63) is 0 Å². The maximum Gasteiger partial charge on any atom is 0.508 e. The fourth-order valence-corrected chi connectivity index (χ4v) is 1.52. The number of carboxylic acid groups (broad SMARTS) is 1. The zero-order chi connectivity index (χ0) is 11.3. The summed E-state index contributed by atoms with van der Waals surface area (Å²) in [5.41, 5.74) is 0. The molecule has 1 saturated heterocycles. The van der Waals surface area contributed by atoms with Crippen molar-refractivity contribution >= 4 is 12.1 Å². The van der Waals surface area contributed by atoms with Gasteiger partial charge in [-0.3, -0.25) is 0 Å². The fourth-order valence-electron chi connectivity index (χ4n) is 1.52. The van der Waals surface area contributed by atoms with E-state index < -0.39 is 18.2 Å². The first kappa shape index (κ1) is 11.8. The van der Waals surface area contributed by atoms with Crippen molar-refractivity contribution in [2.45, 2.75) is 18.9 Å². The van der Waals surface area contributed by atoms with E-state index in [1.807, 2.05) is 0 Å². The van der Waals surface area contributed by atoms with Crippen LogP contribution in [0.3, 0.4) is 0 Å². The second kappa shape index (κ2) is 5.55. The van der Waals surface area contributed by atoms with Crippen molar-refractivity contribution in [2.75, 3.05) is 20.3 Å². The Kier molecular flexibility index (Phi) is 4.36. The van der Waals surface area contributed by atoms with Crippen LogP contribution in [-0.2, 0) is 19.0 Å². The van der Waals surface area contributed by atoms with Crippen molar-refractivity contribution in [3.63, 3.8) is 0 Å². The lowest BCUT2D eigenvalue weighted by atomic mass is 9.94. The molecule has 1 atom stereocenters. The summed E-state index contributed by atoms with van der Waals surface area (Å²) in [5, 5.41) is 8.90. The number of ether oxygens (including phenoxy) is 3. The first-order valence-corrected chi connectivity index (χ1v) is 4.70. The number of aliphatic carboxylic acids is 1. The van der Waals surface area contributed by atoms with E-state index in [1.54, 1.807) is 0 Å². The van der Waals surface area contributed by atoms with Crippen molar-refractivity contribution in [2.24, 2.45) is 5.92 Å². The Bertz CT molecular complexity index is 233. The number of hydrogen-bond donors (Lipinski definition) is 1. The number of rotatable bonds is 3. The van der Waals surface area contributed by atoms with Crippen LogP contribution >= 0.6 is 0 Å². The molecule has 0 saturated carbocycles. The van der Waals surface area contributed by atoms with Gasteiger partial charge in [0.15, 0.2) is 0 Å². The molecule has 0 aromatic rings. The van der Waals surface area contributed by atoms with E-state index in [9.17, 15) is 9.59 Å². The Morgan fingerprint density at radius 1 is 1.40 bits per heavy atom. The van der Waals surface area contributed by atoms with E-state index in [0.717, 1.165) is 7.11 Å². The molecule has 1 heterocycles. The average Bonchev–Trinajstić information content (AvgIpc) is 2.26. The molecule has 1 aliphatic heterocycles. The Balaban J connectivity index is 2.55. The summed E-state index contributed by atoms with van der Waals surface area (Å²) in [7, 11) is 1.14. The van der Waals surface area contributed by atoms with E-state index in [1.165, 1.54) is 0 Å². The SMILES string of the molecule is COC(=O)O[C@H](C(=O)O)C1CCOCC1. The van der Waals surface area contributed by atoms with Crippen LogP contribution in [0.2, 0.25) is 0 Å². The molecule has 0 aromatic carbocycles. The highest BCUT2D eigenvalue weighted by Crippen LogP contribution is 2.21. The number of carbonyl (C=O) groups excluding carboxylic acids is 1. The molecule has 0 spiro atoms. The lowest BCUT2D eigenvalue weighted by Crippen LogP contribution is -2.37. The number of carbonyl (C=O) groups is 2. The van der Waals surface area contributed by atoms with Crippen molar-refractivity contribution in [1.29, 1.82) is 0 Å². The first-order chi connectivity index (χ1) is 7.15. The van der Waals surface area contributed by atoms with Gasteiger partial charge in [0, 0.05) is 19.1 Å². The van der Waals surface area contributed by atoms with E-state index in [4.69, 9.17) is 9.84 Å². The summed E-state index contributed by atoms with van der Waals surface area (Å²) in [4.78, 5) is 21.7. The molecule has 0 aliphatic carbocycles. The zero-order valence-corrected chi connectivity index (χ0v) is 8.47. The second-order valence-corrected chi connectivity index (χ2v) is 3.28. The molecule has 0 aromatic heterocycles. The maximum atomic E-state index is 10.9. The second-order valence-electron chi connectivity index (χ2n) is 3.28. The Labute approximate surface area is 87.1 Å². The molecule has 0 bridgehead atoms. The molecule has 1 fully saturated rings. The molecule has 1 N–H and O–H groups in total. The molecule has 15 heavy (non-hydrogen) atoms. The molecule has 0 radical (unpaired) electrons. The number of methoxy groups -OCH3 is 1. The van der Waals surface area contributed by atoms with Crippen molar-refractivity contribution < 1.29 is 28.9 Å². The molecule has 0 unspecified atom stereocenters. The van der Waals surface area contributed by atoms with Crippen LogP contribution < -0.4 is 0 Å². The highest BCUT2D eigenvalue weighted by molar-refractivity contribution is 5.75. The first-order valence-electron chi connectivity index (χ1n) is 4.70. The lowest BCUT2D eigenvalue weighted by Gasteiger charge is -2.26. The summed E-state index contributed by atoms with van der Waals surface area (Å²) in [5.74, 6) is -1.34. The van der Waals surface area contributed by atoms with Gasteiger partial charge < -0.3 is 19.3 Å². The minimum absolute atomic E-state index is 0.199. The topological polar surface area (TPSA) is 82.1 Å². The predicted octanol–water partition coefficient (Wildman–Crippen LogP) is 0.649. The van der Waals surface area contributed by atoms with Crippen LogP contribution in [0.4, 0.5) is 4.79 Å². The number of hydrogen-bond acceptors (Lipinski definition) is 5. The molecular weight excluding hydrogens is 204 g/mol. The van der Waals surface area contributed by atoms with E-state index in [2.05, 4.69) is 9.47 Å². The molecular formula is C9H14O6. The van der Waals surface area contributed by atoms with Gasteiger partial charge in [-0.15, -0.1) is 0 Å². The molecule has 1 rings (SSSR count). The van der Waals surface area contributed by atoms with Gasteiger partial charge in [0.1, 0.15) is 0 Å². The van der Waals surface area contributed by atoms with Gasteiger partial charge in [0.05, 0.1) is 7.11 Å². The standard InChI is InChI=1S/C9H14O6/c1-13-9(12)15-7(8(10)11)6-2-4-14-5-3-6/h6-7H,2-5H2,1H3,(H,10,11)/t7-/m0/s1. The summed E-state index contributed by atoms with van der Waals surface area (Å²) in [6.07, 6.45) is -0.947. The Hall–Kier alpha value is -1.30. The molecule has 86 valence electrons. The minimum Gasteiger partial charge on any atom is -0.478 e. The van der Waals surface area contributed by atoms with E-state index in [-0.39, 0.29) is 5.92 Å². The predicted molar refractivity (Wildman–Crippen MR) is 48.5 cm³/mol. The monoisotopic (exact) mass is 218 g/mol. The Morgan fingerprint density at radius 3 is 2.47 bits per heavy atom. The fraction of sp³-hybridized carbons (Fsp3) is 0.778. The van der Waals surface area contributed by atoms with E-state index >= 15 is 0 Å². The normalized spacial score (nSPS) is 19.3. The largest absolute Gasteiger partial charge is 0.508 e. The maximum absolute atomic E-state index is 10.9. The van der Waals surface area contributed by atoms with Crippen LogP contribution in [-0.4, -0.2) is 43.7 Å². The van der Waals surface area contributed by atoms with Gasteiger partial charge in [-0.25, -0.2) is 9.59 Å². The van der Waals surface area contributed by atoms with Crippen LogP contribution in [0.25, 0.3) is 0 Å². The zero-order valence-electron chi connectivity index (χ0n) is 8.47. The minimum atomic E-state index is -1.15. The summed E-state index contributed by atoms with van der Waals surface area (Å²) in [6, 6.07) is 0. The molecule has 0 amide bonds. The van der Waals surface area contributed by atoms with Crippen molar-refractivity contribution in [3.8, 4) is 0 Å². The third-order valence-corrected chi connectivity index (χ3v) is 2.33. The summed E-state index contributed by atoms with van der Waals surface area (Å²) < 4.78 is 14.0. The van der Waals surface area contributed by atoms with Gasteiger partial charge in [-0.2, -0.15) is 0 Å². The lowest BCUT2D eigenvalue weighted by molar-refractivity contribution is -0.153. The highest BCUT2D eigenvalue weighted by Gasteiger charge is 2.33. The molecule has 1 aliphatic rings. The third-order valence-electron chi connectivity index (χ3n) is 2.33. The summed E-state index contributed by atoms with van der Waals surface area (Å²) >= 11 is 0. The van der Waals surface area contributed by atoms with Crippen LogP contribution in [0.15, 0.2) is 0 Å². The summed E-state index contributed by atoms with van der Waals surface area (Å²) in [6.45, 7) is 0.998. The van der Waals surface area contributed by atoms with Crippen LogP contribution in [0.5, 0.6) is 0 Å². The van der Waals surface area contributed by atoms with Crippen LogP contribution in [0.1, 0.15) is 12.8 Å².